The normalized spacial score (nSPS) is 26.9. The Morgan fingerprint density at radius 2 is 2.43 bits per heavy atom. The van der Waals surface area contributed by atoms with Crippen molar-refractivity contribution in [3.8, 4) is 0 Å². The van der Waals surface area contributed by atoms with Gasteiger partial charge in [-0.05, 0) is 25.3 Å². The van der Waals surface area contributed by atoms with Crippen molar-refractivity contribution in [3.05, 3.63) is 24.5 Å². The standard InChI is InChI=1S/C12H20O2/c1-4-13-9-11-6-7-12(14-5-2)10(3)8-11/h4,8,10,12H,1,5-7,9H2,2-3H3. The maximum atomic E-state index is 5.64. The highest BCUT2D eigenvalue weighted by molar-refractivity contribution is 5.10. The molecule has 0 saturated carbocycles. The lowest BCUT2D eigenvalue weighted by Crippen LogP contribution is -2.25. The molecular formula is C12H20O2. The molecule has 1 rings (SSSR count). The Hall–Kier alpha value is -0.760. The fourth-order valence-corrected chi connectivity index (χ4v) is 1.89. The minimum absolute atomic E-state index is 0.396. The third-order valence-electron chi connectivity index (χ3n) is 2.60. The molecule has 0 aromatic rings. The molecule has 2 nitrogen and oxygen atoms in total. The molecule has 0 aromatic carbocycles. The van der Waals surface area contributed by atoms with Crippen LogP contribution in [0.1, 0.15) is 26.7 Å². The third-order valence-corrected chi connectivity index (χ3v) is 2.60. The van der Waals surface area contributed by atoms with Crippen LogP contribution in [0.3, 0.4) is 0 Å². The van der Waals surface area contributed by atoms with E-state index in [1.807, 2.05) is 6.92 Å². The Morgan fingerprint density at radius 1 is 1.64 bits per heavy atom. The smallest absolute Gasteiger partial charge is 0.108 e. The van der Waals surface area contributed by atoms with Crippen LogP contribution in [-0.2, 0) is 9.47 Å². The van der Waals surface area contributed by atoms with Gasteiger partial charge in [-0.2, -0.15) is 0 Å². The molecule has 0 saturated heterocycles. The molecule has 14 heavy (non-hydrogen) atoms. The maximum Gasteiger partial charge on any atom is 0.108 e. The van der Waals surface area contributed by atoms with E-state index in [4.69, 9.17) is 9.47 Å². The summed E-state index contributed by atoms with van der Waals surface area (Å²) in [5.41, 5.74) is 1.37. The van der Waals surface area contributed by atoms with Gasteiger partial charge < -0.3 is 9.47 Å². The zero-order valence-electron chi connectivity index (χ0n) is 9.16. The molecule has 0 bridgehead atoms. The molecule has 0 amide bonds. The van der Waals surface area contributed by atoms with Crippen molar-refractivity contribution in [2.45, 2.75) is 32.8 Å². The average molecular weight is 196 g/mol. The average Bonchev–Trinajstić information content (AvgIpc) is 2.19. The van der Waals surface area contributed by atoms with Crippen LogP contribution < -0.4 is 0 Å². The molecule has 0 heterocycles. The Morgan fingerprint density at radius 3 is 3.00 bits per heavy atom. The van der Waals surface area contributed by atoms with E-state index in [1.54, 1.807) is 0 Å². The second-order valence-corrected chi connectivity index (χ2v) is 3.69. The van der Waals surface area contributed by atoms with E-state index in [2.05, 4.69) is 19.6 Å². The summed E-state index contributed by atoms with van der Waals surface area (Å²) in [6.45, 7) is 9.28. The first-order chi connectivity index (χ1) is 6.77. The fraction of sp³-hybridized carbons (Fsp3) is 0.667. The minimum atomic E-state index is 0.396. The molecule has 1 aliphatic rings. The zero-order chi connectivity index (χ0) is 10.4. The van der Waals surface area contributed by atoms with Gasteiger partial charge in [0.2, 0.25) is 0 Å². The maximum absolute atomic E-state index is 5.64. The molecule has 0 aromatic heterocycles. The van der Waals surface area contributed by atoms with Crippen molar-refractivity contribution in [1.82, 2.24) is 0 Å². The molecule has 2 atom stereocenters. The molecule has 0 fully saturated rings. The number of rotatable bonds is 5. The van der Waals surface area contributed by atoms with Gasteiger partial charge in [-0.25, -0.2) is 0 Å². The predicted molar refractivity (Wildman–Crippen MR) is 58.0 cm³/mol. The highest BCUT2D eigenvalue weighted by atomic mass is 16.5. The summed E-state index contributed by atoms with van der Waals surface area (Å²) in [6.07, 6.45) is 6.37. The summed E-state index contributed by atoms with van der Waals surface area (Å²) < 4.78 is 10.8. The van der Waals surface area contributed by atoms with Gasteiger partial charge in [-0.1, -0.05) is 19.6 Å². The first-order valence-electron chi connectivity index (χ1n) is 5.31. The lowest BCUT2D eigenvalue weighted by molar-refractivity contribution is 0.0276. The summed E-state index contributed by atoms with van der Waals surface area (Å²) in [5, 5.41) is 0. The van der Waals surface area contributed by atoms with Crippen molar-refractivity contribution in [2.24, 2.45) is 5.92 Å². The molecule has 0 spiro atoms. The topological polar surface area (TPSA) is 18.5 Å². The van der Waals surface area contributed by atoms with E-state index in [0.29, 0.717) is 18.6 Å². The highest BCUT2D eigenvalue weighted by Crippen LogP contribution is 2.25. The van der Waals surface area contributed by atoms with E-state index in [-0.39, 0.29) is 0 Å². The van der Waals surface area contributed by atoms with Crippen LogP contribution in [0, 0.1) is 5.92 Å². The van der Waals surface area contributed by atoms with Gasteiger partial charge in [0.15, 0.2) is 0 Å². The Balaban J connectivity index is 2.43. The van der Waals surface area contributed by atoms with Crippen molar-refractivity contribution in [3.63, 3.8) is 0 Å². The van der Waals surface area contributed by atoms with Gasteiger partial charge >= 0.3 is 0 Å². The summed E-state index contributed by atoms with van der Waals surface area (Å²) in [7, 11) is 0. The van der Waals surface area contributed by atoms with E-state index in [1.165, 1.54) is 11.8 Å². The van der Waals surface area contributed by atoms with Crippen LogP contribution in [0.25, 0.3) is 0 Å². The highest BCUT2D eigenvalue weighted by Gasteiger charge is 2.21. The van der Waals surface area contributed by atoms with Crippen molar-refractivity contribution < 1.29 is 9.47 Å². The fourth-order valence-electron chi connectivity index (χ4n) is 1.89. The molecule has 2 heteroatoms. The van der Waals surface area contributed by atoms with Crippen LogP contribution in [0.4, 0.5) is 0 Å². The van der Waals surface area contributed by atoms with Crippen LogP contribution in [-0.4, -0.2) is 19.3 Å². The van der Waals surface area contributed by atoms with Gasteiger partial charge in [0, 0.05) is 12.5 Å². The lowest BCUT2D eigenvalue weighted by Gasteiger charge is -2.27. The van der Waals surface area contributed by atoms with Gasteiger partial charge in [0.1, 0.15) is 6.61 Å². The molecule has 0 aliphatic heterocycles. The third kappa shape index (κ3) is 3.18. The van der Waals surface area contributed by atoms with Crippen LogP contribution in [0.15, 0.2) is 24.5 Å². The Kier molecular flexibility index (Phi) is 4.74. The number of hydrogen-bond acceptors (Lipinski definition) is 2. The van der Waals surface area contributed by atoms with Gasteiger partial charge in [-0.3, -0.25) is 0 Å². The van der Waals surface area contributed by atoms with Crippen molar-refractivity contribution >= 4 is 0 Å². The molecule has 0 radical (unpaired) electrons. The monoisotopic (exact) mass is 196 g/mol. The zero-order valence-corrected chi connectivity index (χ0v) is 9.16. The molecule has 0 N–H and O–H groups in total. The second-order valence-electron chi connectivity index (χ2n) is 3.69. The lowest BCUT2D eigenvalue weighted by atomic mass is 9.89. The van der Waals surface area contributed by atoms with Crippen LogP contribution >= 0.6 is 0 Å². The summed E-state index contributed by atoms with van der Waals surface area (Å²) in [4.78, 5) is 0. The minimum Gasteiger partial charge on any atom is -0.497 e. The van der Waals surface area contributed by atoms with Gasteiger partial charge in [-0.15, -0.1) is 0 Å². The number of ether oxygens (including phenoxy) is 2. The van der Waals surface area contributed by atoms with E-state index >= 15 is 0 Å². The largest absolute Gasteiger partial charge is 0.497 e. The van der Waals surface area contributed by atoms with E-state index in [9.17, 15) is 0 Å². The van der Waals surface area contributed by atoms with Crippen molar-refractivity contribution in [1.29, 1.82) is 0 Å². The van der Waals surface area contributed by atoms with Gasteiger partial charge in [0.05, 0.1) is 12.4 Å². The Bertz CT molecular complexity index is 208. The summed E-state index contributed by atoms with van der Waals surface area (Å²) in [6, 6.07) is 0. The first kappa shape index (κ1) is 11.3. The summed E-state index contributed by atoms with van der Waals surface area (Å²) >= 11 is 0. The SMILES string of the molecule is C=COCC1=CC(C)C(OCC)CC1. The second kappa shape index (κ2) is 5.86. The van der Waals surface area contributed by atoms with Crippen LogP contribution in [0.2, 0.25) is 0 Å². The predicted octanol–water partition coefficient (Wildman–Crippen LogP) is 2.91. The number of hydrogen-bond donors (Lipinski definition) is 0. The first-order valence-corrected chi connectivity index (χ1v) is 5.31. The molecular weight excluding hydrogens is 176 g/mol. The van der Waals surface area contributed by atoms with Crippen LogP contribution in [0.5, 0.6) is 0 Å². The van der Waals surface area contributed by atoms with Crippen molar-refractivity contribution in [2.75, 3.05) is 13.2 Å². The van der Waals surface area contributed by atoms with E-state index in [0.717, 1.165) is 19.4 Å². The summed E-state index contributed by atoms with van der Waals surface area (Å²) in [5.74, 6) is 0.507. The molecule has 80 valence electrons. The van der Waals surface area contributed by atoms with E-state index < -0.39 is 0 Å². The quantitative estimate of drug-likeness (QED) is 0.497. The van der Waals surface area contributed by atoms with Gasteiger partial charge in [0.25, 0.3) is 0 Å². The molecule has 1 aliphatic carbocycles. The Labute approximate surface area is 86.6 Å². The molecule has 2 unspecified atom stereocenters.